The first-order valence-corrected chi connectivity index (χ1v) is 4.42. The zero-order valence-corrected chi connectivity index (χ0v) is 9.14. The van der Waals surface area contributed by atoms with Crippen LogP contribution in [0.25, 0.3) is 0 Å². The van der Waals surface area contributed by atoms with Gasteiger partial charge in [0.2, 0.25) is 0 Å². The first kappa shape index (κ1) is 12.0. The first-order chi connectivity index (χ1) is 7.51. The number of nitrogens with zero attached hydrogens (tertiary/aromatic N) is 1. The largest absolute Gasteiger partial charge is 0.493 e. The molecule has 0 aliphatic rings. The third-order valence-corrected chi connectivity index (χ3v) is 2.08. The minimum atomic E-state index is -0.626. The number of hydrogen-bond donors (Lipinski definition) is 0. The van der Waals surface area contributed by atoms with Gasteiger partial charge in [0, 0.05) is 6.07 Å². The Hall–Kier alpha value is -2.11. The van der Waals surface area contributed by atoms with Crippen molar-refractivity contribution in [3.63, 3.8) is 0 Å². The average molecular weight is 225 g/mol. The van der Waals surface area contributed by atoms with Gasteiger partial charge in [-0.05, 0) is 6.92 Å². The van der Waals surface area contributed by atoms with E-state index in [9.17, 15) is 14.9 Å². The van der Waals surface area contributed by atoms with E-state index in [0.29, 0.717) is 5.75 Å². The zero-order valence-electron chi connectivity index (χ0n) is 9.14. The third-order valence-electron chi connectivity index (χ3n) is 2.08. The number of hydrogen-bond acceptors (Lipinski definition) is 5. The molecule has 1 rings (SSSR count). The lowest BCUT2D eigenvalue weighted by Gasteiger charge is -2.08. The topological polar surface area (TPSA) is 78.7 Å². The highest BCUT2D eigenvalue weighted by atomic mass is 16.6. The maximum atomic E-state index is 11.2. The summed E-state index contributed by atoms with van der Waals surface area (Å²) < 4.78 is 9.88. The number of carbonyl (C=O) groups is 1. The number of methoxy groups -OCH3 is 2. The molecule has 0 bridgehead atoms. The first-order valence-electron chi connectivity index (χ1n) is 4.42. The molecule has 0 unspecified atom stereocenters. The molecule has 0 saturated carbocycles. The van der Waals surface area contributed by atoms with E-state index < -0.39 is 10.7 Å². The summed E-state index contributed by atoms with van der Waals surface area (Å²) in [6.07, 6.45) is 0. The number of nitro benzene ring substituents is 1. The number of ether oxygens (including phenoxy) is 2. The van der Waals surface area contributed by atoms with Gasteiger partial charge in [-0.2, -0.15) is 0 Å². The third kappa shape index (κ3) is 2.10. The molecule has 6 heteroatoms. The van der Waals surface area contributed by atoms with Gasteiger partial charge in [-0.1, -0.05) is 0 Å². The molecule has 0 radical (unpaired) electrons. The van der Waals surface area contributed by atoms with E-state index in [1.165, 1.54) is 33.3 Å². The van der Waals surface area contributed by atoms with E-state index >= 15 is 0 Å². The smallest absolute Gasteiger partial charge is 0.284 e. The molecule has 6 nitrogen and oxygen atoms in total. The van der Waals surface area contributed by atoms with Crippen LogP contribution < -0.4 is 9.47 Å². The normalized spacial score (nSPS) is 9.69. The molecule has 0 aliphatic heterocycles. The van der Waals surface area contributed by atoms with Crippen molar-refractivity contribution >= 4 is 11.5 Å². The second kappa shape index (κ2) is 4.61. The van der Waals surface area contributed by atoms with Crippen LogP contribution in [0.2, 0.25) is 0 Å². The maximum absolute atomic E-state index is 11.2. The summed E-state index contributed by atoms with van der Waals surface area (Å²) in [4.78, 5) is 21.4. The van der Waals surface area contributed by atoms with E-state index in [1.54, 1.807) is 0 Å². The van der Waals surface area contributed by atoms with Crippen LogP contribution in [0.15, 0.2) is 12.1 Å². The predicted octanol–water partition coefficient (Wildman–Crippen LogP) is 1.81. The number of ketones is 1. The highest BCUT2D eigenvalue weighted by Crippen LogP contribution is 2.34. The van der Waals surface area contributed by atoms with Gasteiger partial charge in [-0.3, -0.25) is 14.9 Å². The van der Waals surface area contributed by atoms with Crippen molar-refractivity contribution in [3.05, 3.63) is 27.8 Å². The highest BCUT2D eigenvalue weighted by Gasteiger charge is 2.21. The van der Waals surface area contributed by atoms with Gasteiger partial charge in [0.05, 0.1) is 30.8 Å². The summed E-state index contributed by atoms with van der Waals surface area (Å²) in [6, 6.07) is 2.48. The standard InChI is InChI=1S/C10H11NO5/c1-6(12)7-4-9(15-2)10(16-3)5-8(7)11(13)14/h4-5H,1-3H3. The lowest BCUT2D eigenvalue weighted by Crippen LogP contribution is -2.02. The monoisotopic (exact) mass is 225 g/mol. The Morgan fingerprint density at radius 3 is 2.12 bits per heavy atom. The molecule has 0 heterocycles. The summed E-state index contributed by atoms with van der Waals surface area (Å²) in [5.74, 6) is 0.116. The number of rotatable bonds is 4. The second-order valence-corrected chi connectivity index (χ2v) is 3.04. The molecule has 0 saturated heterocycles. The number of nitro groups is 1. The molecule has 0 aromatic heterocycles. The lowest BCUT2D eigenvalue weighted by atomic mass is 10.1. The Balaban J connectivity index is 3.47. The summed E-state index contributed by atoms with van der Waals surface area (Å²) in [5, 5.41) is 10.8. The maximum Gasteiger partial charge on any atom is 0.284 e. The van der Waals surface area contributed by atoms with E-state index in [2.05, 4.69) is 0 Å². The Morgan fingerprint density at radius 1 is 1.25 bits per heavy atom. The van der Waals surface area contributed by atoms with Crippen molar-refractivity contribution in [1.82, 2.24) is 0 Å². The summed E-state index contributed by atoms with van der Waals surface area (Å²) >= 11 is 0. The molecule has 0 fully saturated rings. The minimum Gasteiger partial charge on any atom is -0.493 e. The van der Waals surface area contributed by atoms with Gasteiger partial charge in [0.25, 0.3) is 5.69 Å². The van der Waals surface area contributed by atoms with E-state index in [1.807, 2.05) is 0 Å². The molecule has 0 amide bonds. The van der Waals surface area contributed by atoms with Crippen molar-refractivity contribution in [1.29, 1.82) is 0 Å². The van der Waals surface area contributed by atoms with Crippen LogP contribution in [0.1, 0.15) is 17.3 Å². The molecule has 16 heavy (non-hydrogen) atoms. The van der Waals surface area contributed by atoms with Gasteiger partial charge >= 0.3 is 0 Å². The Kier molecular flexibility index (Phi) is 3.44. The summed E-state index contributed by atoms with van der Waals surface area (Å²) in [6.45, 7) is 1.26. The molecule has 86 valence electrons. The molecular weight excluding hydrogens is 214 g/mol. The van der Waals surface area contributed by atoms with Crippen molar-refractivity contribution < 1.29 is 19.2 Å². The number of carbonyl (C=O) groups excluding carboxylic acids is 1. The Labute approximate surface area is 91.9 Å². The van der Waals surface area contributed by atoms with Crippen LogP contribution in [-0.4, -0.2) is 24.9 Å². The Bertz CT molecular complexity index is 400. The van der Waals surface area contributed by atoms with E-state index in [0.717, 1.165) is 0 Å². The van der Waals surface area contributed by atoms with Crippen molar-refractivity contribution in [2.24, 2.45) is 0 Å². The van der Waals surface area contributed by atoms with Crippen LogP contribution >= 0.6 is 0 Å². The number of benzene rings is 1. The zero-order chi connectivity index (χ0) is 12.3. The molecule has 0 aliphatic carbocycles. The average Bonchev–Trinajstić information content (AvgIpc) is 2.26. The number of Topliss-reactive ketones (excluding diaryl/α,β-unsaturated/α-hetero) is 1. The molecule has 0 spiro atoms. The van der Waals surface area contributed by atoms with Crippen LogP contribution in [0.4, 0.5) is 5.69 Å². The van der Waals surface area contributed by atoms with E-state index in [-0.39, 0.29) is 17.0 Å². The summed E-state index contributed by atoms with van der Waals surface area (Å²) in [5.41, 5.74) is -0.284. The van der Waals surface area contributed by atoms with Crippen LogP contribution in [0.5, 0.6) is 11.5 Å². The molecule has 0 atom stereocenters. The van der Waals surface area contributed by atoms with Crippen LogP contribution in [0.3, 0.4) is 0 Å². The fourth-order valence-electron chi connectivity index (χ4n) is 1.30. The molecule has 1 aromatic carbocycles. The van der Waals surface area contributed by atoms with Crippen LogP contribution in [-0.2, 0) is 0 Å². The second-order valence-electron chi connectivity index (χ2n) is 3.04. The van der Waals surface area contributed by atoms with E-state index in [4.69, 9.17) is 9.47 Å². The molecular formula is C10H11NO5. The highest BCUT2D eigenvalue weighted by molar-refractivity contribution is 5.98. The van der Waals surface area contributed by atoms with Crippen molar-refractivity contribution in [2.45, 2.75) is 6.92 Å². The Morgan fingerprint density at radius 2 is 1.75 bits per heavy atom. The van der Waals surface area contributed by atoms with Gasteiger partial charge < -0.3 is 9.47 Å². The fourth-order valence-corrected chi connectivity index (χ4v) is 1.30. The van der Waals surface area contributed by atoms with Crippen LogP contribution in [0, 0.1) is 10.1 Å². The fraction of sp³-hybridized carbons (Fsp3) is 0.300. The van der Waals surface area contributed by atoms with Gasteiger partial charge in [-0.15, -0.1) is 0 Å². The SMILES string of the molecule is COc1cc(C(C)=O)c([N+](=O)[O-])cc1OC. The minimum absolute atomic E-state index is 0.00245. The predicted molar refractivity (Wildman–Crippen MR) is 56.2 cm³/mol. The van der Waals surface area contributed by atoms with Gasteiger partial charge in [0.1, 0.15) is 0 Å². The molecule has 0 N–H and O–H groups in total. The molecule has 1 aromatic rings. The lowest BCUT2D eigenvalue weighted by molar-refractivity contribution is -0.385. The quantitative estimate of drug-likeness (QED) is 0.443. The van der Waals surface area contributed by atoms with Crippen molar-refractivity contribution in [2.75, 3.05) is 14.2 Å². The van der Waals surface area contributed by atoms with Gasteiger partial charge in [0.15, 0.2) is 17.3 Å². The van der Waals surface area contributed by atoms with Gasteiger partial charge in [-0.25, -0.2) is 0 Å². The summed E-state index contributed by atoms with van der Waals surface area (Å²) in [7, 11) is 2.77. The van der Waals surface area contributed by atoms with Crippen molar-refractivity contribution in [3.8, 4) is 11.5 Å².